The van der Waals surface area contributed by atoms with Gasteiger partial charge in [0.2, 0.25) is 5.91 Å². The molecule has 0 radical (unpaired) electrons. The van der Waals surface area contributed by atoms with Crippen molar-refractivity contribution in [1.29, 1.82) is 0 Å². The highest BCUT2D eigenvalue weighted by atomic mass is 16.5. The molecule has 0 N–H and O–H groups in total. The monoisotopic (exact) mass is 397 g/mol. The van der Waals surface area contributed by atoms with Gasteiger partial charge >= 0.3 is 6.01 Å². The molecule has 3 saturated carbocycles. The van der Waals surface area contributed by atoms with Gasteiger partial charge in [0, 0.05) is 49.7 Å². The average molecular weight is 398 g/mol. The average Bonchev–Trinajstić information content (AvgIpc) is 2.98. The van der Waals surface area contributed by atoms with Crippen LogP contribution in [0.1, 0.15) is 50.8 Å². The second kappa shape index (κ2) is 5.74. The number of anilines is 1. The van der Waals surface area contributed by atoms with E-state index in [-0.39, 0.29) is 0 Å². The molecule has 1 aromatic rings. The van der Waals surface area contributed by atoms with Crippen LogP contribution in [-0.4, -0.2) is 69.6 Å². The number of aromatic nitrogens is 2. The molecule has 2 bridgehead atoms. The van der Waals surface area contributed by atoms with Crippen LogP contribution in [0.2, 0.25) is 0 Å². The van der Waals surface area contributed by atoms with E-state index in [4.69, 9.17) is 4.52 Å². The number of likely N-dealkylation sites (tertiary alicyclic amines) is 2. The number of piperidine rings is 1. The molecule has 1 spiro atoms. The smallest absolute Gasteiger partial charge is 0.324 e. The quantitative estimate of drug-likeness (QED) is 0.778. The Morgan fingerprint density at radius 3 is 2.48 bits per heavy atom. The van der Waals surface area contributed by atoms with Crippen molar-refractivity contribution in [3.63, 3.8) is 0 Å². The lowest BCUT2D eigenvalue weighted by Gasteiger charge is -2.59. The summed E-state index contributed by atoms with van der Waals surface area (Å²) in [5.74, 6) is 3.58. The summed E-state index contributed by atoms with van der Waals surface area (Å²) in [5.41, 5.74) is 0.312. The van der Waals surface area contributed by atoms with Crippen molar-refractivity contribution in [2.24, 2.45) is 23.7 Å². The molecular weight excluding hydrogens is 366 g/mol. The van der Waals surface area contributed by atoms with Crippen LogP contribution >= 0.6 is 0 Å². The molecule has 1 aromatic heterocycles. The largest absolute Gasteiger partial charge is 0.337 e. The predicted molar refractivity (Wildman–Crippen MR) is 106 cm³/mol. The number of aryl methyl sites for hydroxylation is 1. The minimum atomic E-state index is 0.312. The van der Waals surface area contributed by atoms with E-state index in [9.17, 15) is 4.79 Å². The second-order valence-electron chi connectivity index (χ2n) is 10.8. The zero-order chi connectivity index (χ0) is 19.3. The highest BCUT2D eigenvalue weighted by Gasteiger charge is 2.64. The van der Waals surface area contributed by atoms with Crippen LogP contribution in [0.5, 0.6) is 0 Å². The molecule has 7 rings (SSSR count). The third kappa shape index (κ3) is 2.37. The molecular formula is C22H31N5O2. The maximum atomic E-state index is 13.1. The Kier molecular flexibility index (Phi) is 3.38. The molecule has 0 aromatic carbocycles. The van der Waals surface area contributed by atoms with E-state index in [1.165, 1.54) is 44.9 Å². The molecule has 3 aliphatic heterocycles. The molecule has 6 aliphatic rings. The molecule has 7 heteroatoms. The highest BCUT2D eigenvalue weighted by molar-refractivity contribution is 5.84. The molecule has 3 unspecified atom stereocenters. The van der Waals surface area contributed by atoms with Gasteiger partial charge in [-0.05, 0) is 69.6 Å². The molecule has 156 valence electrons. The number of fused-ring (bicyclic) bond motifs is 3. The first-order valence-electron chi connectivity index (χ1n) is 11.7. The SMILES string of the molecule is Cc1noc(N2CC3CC(N4C[C@@H]5[C@H](C4)[C@@H]5C(=O)N4CCC45CCC5)CC2C3)n1. The first-order chi connectivity index (χ1) is 14.1. The fourth-order valence-corrected chi connectivity index (χ4v) is 7.53. The van der Waals surface area contributed by atoms with Crippen molar-refractivity contribution in [2.45, 2.75) is 69.5 Å². The third-order valence-corrected chi connectivity index (χ3v) is 9.36. The maximum Gasteiger partial charge on any atom is 0.324 e. The van der Waals surface area contributed by atoms with E-state index in [2.05, 4.69) is 24.8 Å². The minimum Gasteiger partial charge on any atom is -0.337 e. The fraction of sp³-hybridized carbons (Fsp3) is 0.864. The number of rotatable bonds is 3. The molecule has 29 heavy (non-hydrogen) atoms. The van der Waals surface area contributed by atoms with Crippen LogP contribution in [-0.2, 0) is 4.79 Å². The summed E-state index contributed by atoms with van der Waals surface area (Å²) in [6.07, 6.45) is 8.84. The molecule has 1 amide bonds. The van der Waals surface area contributed by atoms with Crippen molar-refractivity contribution in [3.05, 3.63) is 5.82 Å². The Balaban J connectivity index is 0.983. The Bertz CT molecular complexity index is 833. The summed E-state index contributed by atoms with van der Waals surface area (Å²) in [4.78, 5) is 24.9. The van der Waals surface area contributed by atoms with Crippen molar-refractivity contribution in [2.75, 3.05) is 31.1 Å². The Hall–Kier alpha value is -1.63. The number of hydrogen-bond acceptors (Lipinski definition) is 6. The van der Waals surface area contributed by atoms with Crippen LogP contribution in [0.15, 0.2) is 4.52 Å². The van der Waals surface area contributed by atoms with E-state index < -0.39 is 0 Å². The van der Waals surface area contributed by atoms with Crippen LogP contribution in [0, 0.1) is 30.6 Å². The molecule has 6 fully saturated rings. The number of carbonyl (C=O) groups excluding carboxylic acids is 1. The van der Waals surface area contributed by atoms with Crippen LogP contribution in [0.4, 0.5) is 6.01 Å². The molecule has 3 aliphatic carbocycles. The second-order valence-corrected chi connectivity index (χ2v) is 10.8. The van der Waals surface area contributed by atoms with Gasteiger partial charge in [-0.2, -0.15) is 4.98 Å². The van der Waals surface area contributed by atoms with Gasteiger partial charge in [0.1, 0.15) is 0 Å². The number of hydrogen-bond donors (Lipinski definition) is 0. The summed E-state index contributed by atoms with van der Waals surface area (Å²) in [7, 11) is 0. The van der Waals surface area contributed by atoms with Gasteiger partial charge < -0.3 is 14.3 Å². The van der Waals surface area contributed by atoms with Gasteiger partial charge in [0.15, 0.2) is 5.82 Å². The zero-order valence-corrected chi connectivity index (χ0v) is 17.3. The Morgan fingerprint density at radius 1 is 1.07 bits per heavy atom. The Labute approximate surface area is 171 Å². The lowest BCUT2D eigenvalue weighted by molar-refractivity contribution is -0.158. The number of carbonyl (C=O) groups is 1. The number of amides is 1. The van der Waals surface area contributed by atoms with Gasteiger partial charge in [-0.15, -0.1) is 0 Å². The molecule has 3 saturated heterocycles. The Morgan fingerprint density at radius 2 is 1.86 bits per heavy atom. The summed E-state index contributed by atoms with van der Waals surface area (Å²) >= 11 is 0. The van der Waals surface area contributed by atoms with Crippen molar-refractivity contribution >= 4 is 11.9 Å². The van der Waals surface area contributed by atoms with Crippen molar-refractivity contribution < 1.29 is 9.32 Å². The van der Waals surface area contributed by atoms with Gasteiger partial charge in [-0.1, -0.05) is 5.16 Å². The molecule has 7 nitrogen and oxygen atoms in total. The van der Waals surface area contributed by atoms with Crippen molar-refractivity contribution in [1.82, 2.24) is 19.9 Å². The molecule has 4 heterocycles. The predicted octanol–water partition coefficient (Wildman–Crippen LogP) is 2.07. The first-order valence-corrected chi connectivity index (χ1v) is 11.7. The summed E-state index contributed by atoms with van der Waals surface area (Å²) in [6.45, 7) is 6.26. The highest BCUT2D eigenvalue weighted by Crippen LogP contribution is 2.57. The lowest BCUT2D eigenvalue weighted by atomic mass is 9.67. The van der Waals surface area contributed by atoms with Gasteiger partial charge in [0.25, 0.3) is 0 Å². The fourth-order valence-electron chi connectivity index (χ4n) is 7.53. The van der Waals surface area contributed by atoms with E-state index in [0.29, 0.717) is 47.3 Å². The van der Waals surface area contributed by atoms with Crippen LogP contribution < -0.4 is 4.90 Å². The zero-order valence-electron chi connectivity index (χ0n) is 17.3. The summed E-state index contributed by atoms with van der Waals surface area (Å²) < 4.78 is 5.46. The van der Waals surface area contributed by atoms with Gasteiger partial charge in [-0.3, -0.25) is 9.69 Å². The third-order valence-electron chi connectivity index (χ3n) is 9.36. The van der Waals surface area contributed by atoms with Crippen LogP contribution in [0.25, 0.3) is 0 Å². The maximum absolute atomic E-state index is 13.1. The lowest BCUT2D eigenvalue weighted by Crippen LogP contribution is -2.66. The topological polar surface area (TPSA) is 65.7 Å². The number of nitrogens with zero attached hydrogens (tertiary/aromatic N) is 5. The first kappa shape index (κ1) is 17.1. The summed E-state index contributed by atoms with van der Waals surface area (Å²) in [5, 5.41) is 3.98. The van der Waals surface area contributed by atoms with Gasteiger partial charge in [0.05, 0.1) is 0 Å². The summed E-state index contributed by atoms with van der Waals surface area (Å²) in [6, 6.07) is 1.91. The van der Waals surface area contributed by atoms with E-state index >= 15 is 0 Å². The van der Waals surface area contributed by atoms with E-state index in [0.717, 1.165) is 37.9 Å². The van der Waals surface area contributed by atoms with E-state index in [1.807, 2.05) is 6.92 Å². The minimum absolute atomic E-state index is 0.312. The van der Waals surface area contributed by atoms with Crippen molar-refractivity contribution in [3.8, 4) is 0 Å². The normalized spacial score (nSPS) is 42.0. The standard InChI is InChI=1S/C22H31N5O2/c1-13-23-21(29-24-13)26-10-14-7-15(9-16(26)8-14)25-11-17-18(12-25)19(17)20(28)27-6-5-22(27)3-2-4-22/h14-19H,2-12H2,1H3/t14?,15?,16?,17-,18+,19-. The molecule has 6 atom stereocenters. The van der Waals surface area contributed by atoms with Crippen LogP contribution in [0.3, 0.4) is 0 Å². The van der Waals surface area contributed by atoms with E-state index in [1.54, 1.807) is 0 Å². The van der Waals surface area contributed by atoms with Gasteiger partial charge in [-0.25, -0.2) is 0 Å².